The van der Waals surface area contributed by atoms with Gasteiger partial charge in [-0.1, -0.05) is 139 Å². The molecule has 0 aliphatic rings. The van der Waals surface area contributed by atoms with Gasteiger partial charge in [0.1, 0.15) is 23.0 Å². The number of hydrogen-bond acceptors (Lipinski definition) is 12. The largest absolute Gasteiger partial charge is 0.459 e. The van der Waals surface area contributed by atoms with Crippen molar-refractivity contribution >= 4 is 35.8 Å². The minimum atomic E-state index is -0.539. The van der Waals surface area contributed by atoms with Gasteiger partial charge in [-0.05, 0) is 172 Å². The number of benzene rings is 6. The van der Waals surface area contributed by atoms with Crippen LogP contribution >= 0.6 is 0 Å². The lowest BCUT2D eigenvalue weighted by Crippen LogP contribution is -2.15. The number of esters is 6. The highest BCUT2D eigenvalue weighted by atomic mass is 16.6. The molecular formula is C68H78O12. The molecule has 2 atom stereocenters. The van der Waals surface area contributed by atoms with E-state index < -0.39 is 11.9 Å². The fraction of sp³-hybridized carbons (Fsp3) is 0.382. The van der Waals surface area contributed by atoms with Crippen molar-refractivity contribution in [2.75, 3.05) is 0 Å². The van der Waals surface area contributed by atoms with E-state index in [2.05, 4.69) is 13.8 Å². The van der Waals surface area contributed by atoms with Crippen molar-refractivity contribution in [2.45, 2.75) is 168 Å². The summed E-state index contributed by atoms with van der Waals surface area (Å²) in [6.45, 7) is 8.21. The fourth-order valence-electron chi connectivity index (χ4n) is 8.98. The number of carbonyl (C=O) groups is 6. The van der Waals surface area contributed by atoms with Crippen LogP contribution in [0.3, 0.4) is 0 Å². The summed E-state index contributed by atoms with van der Waals surface area (Å²) >= 11 is 0. The first-order valence-electron chi connectivity index (χ1n) is 28.8. The third-order valence-corrected chi connectivity index (χ3v) is 13.7. The molecule has 6 aromatic carbocycles. The molecule has 0 aliphatic carbocycles. The molecule has 12 nitrogen and oxygen atoms in total. The molecule has 0 spiro atoms. The highest BCUT2D eigenvalue weighted by Gasteiger charge is 2.17. The Morgan fingerprint density at radius 1 is 0.300 bits per heavy atom. The summed E-state index contributed by atoms with van der Waals surface area (Å²) in [7, 11) is 0. The van der Waals surface area contributed by atoms with Gasteiger partial charge in [-0.2, -0.15) is 0 Å². The molecule has 2 unspecified atom stereocenters. The Labute approximate surface area is 472 Å². The first-order valence-corrected chi connectivity index (χ1v) is 28.8. The first kappa shape index (κ1) is 61.4. The fourth-order valence-corrected chi connectivity index (χ4v) is 8.98. The van der Waals surface area contributed by atoms with Crippen LogP contribution in [0.2, 0.25) is 0 Å². The molecule has 422 valence electrons. The third kappa shape index (κ3) is 21.4. The van der Waals surface area contributed by atoms with Crippen LogP contribution in [0.1, 0.15) is 198 Å². The lowest BCUT2D eigenvalue weighted by Gasteiger charge is -2.13. The van der Waals surface area contributed by atoms with Gasteiger partial charge in [0.15, 0.2) is 0 Å². The maximum atomic E-state index is 12.9. The monoisotopic (exact) mass is 1090 g/mol. The van der Waals surface area contributed by atoms with E-state index >= 15 is 0 Å². The number of rotatable bonds is 33. The average Bonchev–Trinajstić information content (AvgIpc) is 3.47. The number of unbranched alkanes of at least 4 members (excludes halogenated alkanes) is 13. The summed E-state index contributed by atoms with van der Waals surface area (Å²) in [6, 6.07) is 41.3. The van der Waals surface area contributed by atoms with E-state index in [1.165, 1.54) is 25.7 Å². The molecule has 0 heterocycles. The molecule has 0 saturated carbocycles. The summed E-state index contributed by atoms with van der Waals surface area (Å²) in [4.78, 5) is 76.1. The summed E-state index contributed by atoms with van der Waals surface area (Å²) in [6.07, 6.45) is 18.4. The molecule has 80 heavy (non-hydrogen) atoms. The van der Waals surface area contributed by atoms with Gasteiger partial charge in [-0.25, -0.2) is 19.2 Å². The summed E-state index contributed by atoms with van der Waals surface area (Å²) in [5.74, 6) is -0.935. The van der Waals surface area contributed by atoms with Crippen LogP contribution in [-0.4, -0.2) is 48.0 Å². The van der Waals surface area contributed by atoms with Gasteiger partial charge < -0.3 is 28.4 Å². The molecule has 0 fully saturated rings. The van der Waals surface area contributed by atoms with Gasteiger partial charge in [0, 0.05) is 12.8 Å². The van der Waals surface area contributed by atoms with Crippen LogP contribution in [0.4, 0.5) is 0 Å². The Kier molecular flexibility index (Phi) is 25.7. The van der Waals surface area contributed by atoms with Gasteiger partial charge in [0.05, 0.1) is 34.5 Å². The minimum absolute atomic E-state index is 0.128. The lowest BCUT2D eigenvalue weighted by atomic mass is 10.0. The van der Waals surface area contributed by atoms with E-state index in [4.69, 9.17) is 28.4 Å². The summed E-state index contributed by atoms with van der Waals surface area (Å²) in [5.41, 5.74) is 5.25. The second-order valence-electron chi connectivity index (χ2n) is 20.4. The molecule has 0 bridgehead atoms. The van der Waals surface area contributed by atoms with E-state index in [9.17, 15) is 28.8 Å². The van der Waals surface area contributed by atoms with Crippen LogP contribution < -0.4 is 18.9 Å². The average molecular weight is 1090 g/mol. The van der Waals surface area contributed by atoms with Crippen molar-refractivity contribution in [3.63, 3.8) is 0 Å². The van der Waals surface area contributed by atoms with Crippen molar-refractivity contribution in [2.24, 2.45) is 0 Å². The van der Waals surface area contributed by atoms with Gasteiger partial charge >= 0.3 is 35.8 Å². The topological polar surface area (TPSA) is 158 Å². The van der Waals surface area contributed by atoms with Crippen molar-refractivity contribution in [3.05, 3.63) is 168 Å². The highest BCUT2D eigenvalue weighted by Crippen LogP contribution is 2.27. The normalized spacial score (nSPS) is 11.7. The quantitative estimate of drug-likeness (QED) is 0.0218. The molecule has 6 rings (SSSR count). The second kappa shape index (κ2) is 33.5. The second-order valence-corrected chi connectivity index (χ2v) is 20.4. The van der Waals surface area contributed by atoms with E-state index in [1.807, 2.05) is 62.4 Å². The molecule has 6 aromatic rings. The van der Waals surface area contributed by atoms with Crippen LogP contribution in [0, 0.1) is 0 Å². The Bertz CT molecular complexity index is 2660. The summed E-state index contributed by atoms with van der Waals surface area (Å²) in [5, 5.41) is 0. The minimum Gasteiger partial charge on any atom is -0.459 e. The maximum absolute atomic E-state index is 12.9. The van der Waals surface area contributed by atoms with Crippen LogP contribution in [0.25, 0.3) is 22.3 Å². The Balaban J connectivity index is 0.775. The first-order chi connectivity index (χ1) is 38.9. The Morgan fingerprint density at radius 2 is 0.550 bits per heavy atom. The number of hydrogen-bond donors (Lipinski definition) is 0. The molecular weight excluding hydrogens is 1010 g/mol. The standard InChI is InChI=1S/C68H78O12/c1-5-7-9-17-21-49(3)75-65(71)55-29-25-51(26-30-55)53-33-41-61(42-34-53)79-67(73)57-37-45-59(46-38-57)77-63(69)23-19-15-13-11-12-14-16-20-24-64(70)78-60-47-39-58(40-48-60)68(74)80-62-43-35-54(36-44-62)52-27-31-56(32-28-52)66(72)76-50(4)22-18-10-8-6-2/h25-50H,5-24H2,1-4H3. The van der Waals surface area contributed by atoms with Crippen molar-refractivity contribution < 1.29 is 57.2 Å². The third-order valence-electron chi connectivity index (χ3n) is 13.7. The van der Waals surface area contributed by atoms with Crippen molar-refractivity contribution in [1.82, 2.24) is 0 Å². The molecule has 0 radical (unpaired) electrons. The van der Waals surface area contributed by atoms with Gasteiger partial charge in [-0.3, -0.25) is 9.59 Å². The molecule has 0 saturated heterocycles. The van der Waals surface area contributed by atoms with E-state index in [0.29, 0.717) is 58.1 Å². The molecule has 0 N–H and O–H groups in total. The Morgan fingerprint density at radius 3 is 0.875 bits per heavy atom. The zero-order valence-electron chi connectivity index (χ0n) is 47.1. The van der Waals surface area contributed by atoms with Gasteiger partial charge in [0.25, 0.3) is 0 Å². The van der Waals surface area contributed by atoms with E-state index in [0.717, 1.165) is 99.3 Å². The SMILES string of the molecule is CCCCCCC(C)OC(=O)c1ccc(-c2ccc(OC(=O)c3ccc(OC(=O)CCCCCCCCCCC(=O)Oc4ccc(C(=O)Oc5ccc(-c6ccc(C(=O)OC(C)CCCCCC)cc6)cc5)cc4)cc3)cc2)cc1. The van der Waals surface area contributed by atoms with Crippen LogP contribution in [0.15, 0.2) is 146 Å². The van der Waals surface area contributed by atoms with Gasteiger partial charge in [-0.15, -0.1) is 0 Å². The highest BCUT2D eigenvalue weighted by molar-refractivity contribution is 5.93. The zero-order valence-corrected chi connectivity index (χ0v) is 47.1. The van der Waals surface area contributed by atoms with Crippen molar-refractivity contribution in [1.29, 1.82) is 0 Å². The van der Waals surface area contributed by atoms with E-state index in [-0.39, 0.29) is 48.9 Å². The summed E-state index contributed by atoms with van der Waals surface area (Å²) < 4.78 is 33.4. The van der Waals surface area contributed by atoms with Gasteiger partial charge in [0.2, 0.25) is 0 Å². The van der Waals surface area contributed by atoms with Crippen LogP contribution in [0.5, 0.6) is 23.0 Å². The smallest absolute Gasteiger partial charge is 0.343 e. The molecule has 0 aromatic heterocycles. The van der Waals surface area contributed by atoms with Crippen LogP contribution in [-0.2, 0) is 19.1 Å². The lowest BCUT2D eigenvalue weighted by molar-refractivity contribution is -0.135. The van der Waals surface area contributed by atoms with Crippen molar-refractivity contribution in [3.8, 4) is 45.3 Å². The molecule has 12 heteroatoms. The number of carbonyl (C=O) groups excluding carboxylic acids is 6. The predicted molar refractivity (Wildman–Crippen MR) is 311 cm³/mol. The maximum Gasteiger partial charge on any atom is 0.343 e. The Hall–Kier alpha value is -7.86. The van der Waals surface area contributed by atoms with E-state index in [1.54, 1.807) is 97.1 Å². The molecule has 0 aliphatic heterocycles. The number of ether oxygens (including phenoxy) is 6. The zero-order chi connectivity index (χ0) is 56.9. The predicted octanol–water partition coefficient (Wildman–Crippen LogP) is 16.9. The molecule has 0 amide bonds.